The van der Waals surface area contributed by atoms with Crippen molar-refractivity contribution in [3.63, 3.8) is 0 Å². The lowest BCUT2D eigenvalue weighted by Crippen LogP contribution is -2.20. The van der Waals surface area contributed by atoms with E-state index in [0.29, 0.717) is 11.0 Å². The number of aromatic nitrogens is 4. The van der Waals surface area contributed by atoms with Gasteiger partial charge in [-0.05, 0) is 64.0 Å². The van der Waals surface area contributed by atoms with E-state index in [9.17, 15) is 8.78 Å². The minimum atomic E-state index is -2.85. The van der Waals surface area contributed by atoms with Crippen LogP contribution >= 0.6 is 11.6 Å². The maximum atomic E-state index is 12.3. The van der Waals surface area contributed by atoms with Crippen molar-refractivity contribution in [2.75, 3.05) is 5.32 Å². The molecular formula is C17H12ClF2N5O. The van der Waals surface area contributed by atoms with Crippen LogP contribution in [0.4, 0.5) is 14.7 Å². The number of hydrogen-bond donors (Lipinski definition) is 1. The van der Waals surface area contributed by atoms with Crippen LogP contribution in [0.5, 0.6) is 5.75 Å². The van der Waals surface area contributed by atoms with E-state index in [-0.39, 0.29) is 11.8 Å². The van der Waals surface area contributed by atoms with Crippen LogP contribution in [0, 0.1) is 0 Å². The Hall–Kier alpha value is -3.00. The van der Waals surface area contributed by atoms with Crippen LogP contribution in [0.2, 0.25) is 5.02 Å². The quantitative estimate of drug-likeness (QED) is 0.747. The normalized spacial score (nSPS) is 16.0. The lowest BCUT2D eigenvalue weighted by molar-refractivity contribution is -0.0498. The summed E-state index contributed by atoms with van der Waals surface area (Å²) in [5.41, 5.74) is 2.51. The Labute approximate surface area is 152 Å². The molecule has 0 unspecified atom stereocenters. The van der Waals surface area contributed by atoms with Crippen molar-refractivity contribution in [1.29, 1.82) is 0 Å². The molecule has 1 aromatic heterocycles. The largest absolute Gasteiger partial charge is 0.435 e. The molecule has 0 bridgehead atoms. The van der Waals surface area contributed by atoms with E-state index in [4.69, 9.17) is 11.6 Å². The SMILES string of the molecule is FC(F)Oc1ccc(C2=C[C@H](c3ccc(Cl)cc3)n3nnnc3N2)cc1. The zero-order valence-electron chi connectivity index (χ0n) is 13.2. The average Bonchev–Trinajstić information content (AvgIpc) is 3.10. The van der Waals surface area contributed by atoms with Crippen molar-refractivity contribution in [3.8, 4) is 5.75 Å². The molecule has 0 saturated carbocycles. The first-order valence-corrected chi connectivity index (χ1v) is 8.05. The number of ether oxygens (including phenoxy) is 1. The van der Waals surface area contributed by atoms with Crippen molar-refractivity contribution >= 4 is 23.2 Å². The molecule has 1 aliphatic rings. The van der Waals surface area contributed by atoms with Gasteiger partial charge < -0.3 is 10.1 Å². The van der Waals surface area contributed by atoms with Crippen LogP contribution in [0.1, 0.15) is 17.2 Å². The Morgan fingerprint density at radius 3 is 2.50 bits per heavy atom. The van der Waals surface area contributed by atoms with Crippen LogP contribution in [-0.2, 0) is 0 Å². The highest BCUT2D eigenvalue weighted by Gasteiger charge is 2.24. The standard InChI is InChI=1S/C17H12ClF2N5O/c18-12-5-1-11(2-6-12)15-9-14(21-17-22-23-24-25(15)17)10-3-7-13(8-4-10)26-16(19)20/h1-9,15-16H,(H,21,22,24)/t15-/m1/s1. The topological polar surface area (TPSA) is 64.9 Å². The van der Waals surface area contributed by atoms with Gasteiger partial charge in [-0.25, -0.2) is 0 Å². The fourth-order valence-electron chi connectivity index (χ4n) is 2.74. The Morgan fingerprint density at radius 2 is 1.81 bits per heavy atom. The Kier molecular flexibility index (Phi) is 4.26. The zero-order valence-corrected chi connectivity index (χ0v) is 13.9. The van der Waals surface area contributed by atoms with E-state index in [1.165, 1.54) is 12.1 Å². The predicted octanol–water partition coefficient (Wildman–Crippen LogP) is 3.98. The van der Waals surface area contributed by atoms with Crippen LogP contribution < -0.4 is 10.1 Å². The van der Waals surface area contributed by atoms with Gasteiger partial charge in [0.1, 0.15) is 11.8 Å². The summed E-state index contributed by atoms with van der Waals surface area (Å²) in [5.74, 6) is 0.578. The highest BCUT2D eigenvalue weighted by atomic mass is 35.5. The molecule has 0 radical (unpaired) electrons. The molecule has 0 aliphatic carbocycles. The molecule has 9 heteroatoms. The molecular weight excluding hydrogens is 364 g/mol. The lowest BCUT2D eigenvalue weighted by atomic mass is 10.0. The number of nitrogens with zero attached hydrogens (tertiary/aromatic N) is 4. The number of halogens is 3. The molecule has 3 aromatic rings. The van der Waals surface area contributed by atoms with Crippen LogP contribution in [0.3, 0.4) is 0 Å². The van der Waals surface area contributed by atoms with E-state index in [1.807, 2.05) is 18.2 Å². The van der Waals surface area contributed by atoms with E-state index in [2.05, 4.69) is 25.6 Å². The number of hydrogen-bond acceptors (Lipinski definition) is 5. The average molecular weight is 376 g/mol. The van der Waals surface area contributed by atoms with Gasteiger partial charge in [0, 0.05) is 10.7 Å². The number of tetrazole rings is 1. The summed E-state index contributed by atoms with van der Waals surface area (Å²) in [6.45, 7) is -2.85. The number of allylic oxidation sites excluding steroid dienone is 1. The van der Waals surface area contributed by atoms with Crippen molar-refractivity contribution in [2.45, 2.75) is 12.7 Å². The summed E-state index contributed by atoms with van der Waals surface area (Å²) in [5, 5.41) is 15.5. The Balaban J connectivity index is 1.69. The summed E-state index contributed by atoms with van der Waals surface area (Å²) in [7, 11) is 0. The minimum absolute atomic E-state index is 0.0965. The maximum Gasteiger partial charge on any atom is 0.387 e. The third-order valence-corrected chi connectivity index (χ3v) is 4.18. The Bertz CT molecular complexity index is 941. The number of nitrogens with one attached hydrogen (secondary N) is 1. The van der Waals surface area contributed by atoms with Crippen molar-refractivity contribution < 1.29 is 13.5 Å². The molecule has 4 rings (SSSR count). The van der Waals surface area contributed by atoms with E-state index in [1.54, 1.807) is 28.9 Å². The van der Waals surface area contributed by atoms with Gasteiger partial charge in [-0.15, -0.1) is 0 Å². The van der Waals surface area contributed by atoms with Gasteiger partial charge in [0.25, 0.3) is 0 Å². The molecule has 0 fully saturated rings. The van der Waals surface area contributed by atoms with Gasteiger partial charge in [-0.2, -0.15) is 13.5 Å². The third-order valence-electron chi connectivity index (χ3n) is 3.93. The van der Waals surface area contributed by atoms with Crippen LogP contribution in [0.15, 0.2) is 54.6 Å². The molecule has 0 amide bonds. The fraction of sp³-hybridized carbons (Fsp3) is 0.118. The first-order chi connectivity index (χ1) is 12.6. The third kappa shape index (κ3) is 3.23. The van der Waals surface area contributed by atoms with Crippen LogP contribution in [-0.4, -0.2) is 26.8 Å². The second-order valence-electron chi connectivity index (χ2n) is 5.55. The minimum Gasteiger partial charge on any atom is -0.435 e. The molecule has 1 atom stereocenters. The summed E-state index contributed by atoms with van der Waals surface area (Å²) >= 11 is 5.96. The first-order valence-electron chi connectivity index (χ1n) is 7.67. The van der Waals surface area contributed by atoms with Crippen molar-refractivity contribution in [2.24, 2.45) is 0 Å². The molecule has 2 aromatic carbocycles. The molecule has 2 heterocycles. The number of rotatable bonds is 4. The second kappa shape index (κ2) is 6.72. The summed E-state index contributed by atoms with van der Waals surface area (Å²) < 4.78 is 30.6. The van der Waals surface area contributed by atoms with E-state index >= 15 is 0 Å². The fourth-order valence-corrected chi connectivity index (χ4v) is 2.86. The van der Waals surface area contributed by atoms with E-state index < -0.39 is 6.61 Å². The first kappa shape index (κ1) is 16.5. The lowest BCUT2D eigenvalue weighted by Gasteiger charge is -2.23. The number of fused-ring (bicyclic) bond motifs is 1. The molecule has 1 aliphatic heterocycles. The van der Waals surface area contributed by atoms with Crippen LogP contribution in [0.25, 0.3) is 5.70 Å². The van der Waals surface area contributed by atoms with E-state index in [0.717, 1.165) is 16.8 Å². The summed E-state index contributed by atoms with van der Waals surface area (Å²) in [6.07, 6.45) is 1.95. The van der Waals surface area contributed by atoms with Crippen molar-refractivity contribution in [1.82, 2.24) is 20.2 Å². The smallest absolute Gasteiger partial charge is 0.387 e. The highest BCUT2D eigenvalue weighted by Crippen LogP contribution is 2.32. The molecule has 1 N–H and O–H groups in total. The molecule has 0 spiro atoms. The molecule has 132 valence electrons. The van der Waals surface area contributed by atoms with Gasteiger partial charge in [0.15, 0.2) is 0 Å². The summed E-state index contributed by atoms with van der Waals surface area (Å²) in [4.78, 5) is 0. The highest BCUT2D eigenvalue weighted by molar-refractivity contribution is 6.30. The predicted molar refractivity (Wildman–Crippen MR) is 92.1 cm³/mol. The van der Waals surface area contributed by atoms with Gasteiger partial charge in [0.2, 0.25) is 5.95 Å². The maximum absolute atomic E-state index is 12.3. The van der Waals surface area contributed by atoms with Gasteiger partial charge in [-0.3, -0.25) is 0 Å². The number of benzene rings is 2. The van der Waals surface area contributed by atoms with Gasteiger partial charge >= 0.3 is 6.61 Å². The van der Waals surface area contributed by atoms with Gasteiger partial charge in [0.05, 0.1) is 0 Å². The molecule has 6 nitrogen and oxygen atoms in total. The zero-order chi connectivity index (χ0) is 18.1. The van der Waals surface area contributed by atoms with Crippen molar-refractivity contribution in [3.05, 3.63) is 70.8 Å². The molecule has 0 saturated heterocycles. The number of anilines is 1. The molecule has 26 heavy (non-hydrogen) atoms. The number of alkyl halides is 2. The second-order valence-corrected chi connectivity index (χ2v) is 5.99. The summed E-state index contributed by atoms with van der Waals surface area (Å²) in [6, 6.07) is 13.5. The monoisotopic (exact) mass is 375 g/mol. The Morgan fingerprint density at radius 1 is 1.08 bits per heavy atom. The van der Waals surface area contributed by atoms with Gasteiger partial charge in [-0.1, -0.05) is 28.8 Å².